The molecular formula is C17H16N4O2. The minimum atomic E-state index is -0.196. The predicted molar refractivity (Wildman–Crippen MR) is 83.2 cm³/mol. The van der Waals surface area contributed by atoms with Crippen LogP contribution in [-0.4, -0.2) is 20.7 Å². The molecule has 1 atom stereocenters. The van der Waals surface area contributed by atoms with Crippen molar-refractivity contribution in [2.75, 3.05) is 0 Å². The Morgan fingerprint density at radius 2 is 2.26 bits per heavy atom. The number of carbonyl (C=O) groups excluding carboxylic acids is 1. The molecule has 1 N–H and O–H groups in total. The summed E-state index contributed by atoms with van der Waals surface area (Å²) in [5, 5.41) is 7.50. The molecule has 0 aliphatic heterocycles. The third-order valence-electron chi connectivity index (χ3n) is 4.10. The van der Waals surface area contributed by atoms with Gasteiger partial charge in [-0.15, -0.1) is 0 Å². The zero-order chi connectivity index (χ0) is 15.6. The SMILES string of the molecule is O=C(NC1CCCc2c1cnn2-c1ccccn1)c1ccco1. The number of hydrogen-bond donors (Lipinski definition) is 1. The molecule has 0 radical (unpaired) electrons. The Labute approximate surface area is 133 Å². The van der Waals surface area contributed by atoms with Crippen molar-refractivity contribution in [1.82, 2.24) is 20.1 Å². The van der Waals surface area contributed by atoms with Crippen molar-refractivity contribution in [2.45, 2.75) is 25.3 Å². The van der Waals surface area contributed by atoms with Gasteiger partial charge in [0.2, 0.25) is 0 Å². The maximum Gasteiger partial charge on any atom is 0.287 e. The molecule has 1 amide bonds. The summed E-state index contributed by atoms with van der Waals surface area (Å²) >= 11 is 0. The number of nitrogens with zero attached hydrogens (tertiary/aromatic N) is 3. The molecule has 1 aliphatic rings. The van der Waals surface area contributed by atoms with Crippen LogP contribution >= 0.6 is 0 Å². The van der Waals surface area contributed by atoms with Crippen molar-refractivity contribution >= 4 is 5.91 Å². The maximum absolute atomic E-state index is 12.2. The molecule has 3 heterocycles. The van der Waals surface area contributed by atoms with E-state index in [1.165, 1.54) is 6.26 Å². The van der Waals surface area contributed by atoms with Gasteiger partial charge in [0, 0.05) is 11.8 Å². The molecule has 6 heteroatoms. The molecule has 0 bridgehead atoms. The average molecular weight is 308 g/mol. The minimum Gasteiger partial charge on any atom is -0.459 e. The summed E-state index contributed by atoms with van der Waals surface area (Å²) < 4.78 is 7.02. The van der Waals surface area contributed by atoms with E-state index in [9.17, 15) is 4.79 Å². The number of hydrogen-bond acceptors (Lipinski definition) is 4. The first-order chi connectivity index (χ1) is 11.3. The fourth-order valence-corrected chi connectivity index (χ4v) is 3.02. The van der Waals surface area contributed by atoms with Gasteiger partial charge in [0.05, 0.1) is 24.2 Å². The van der Waals surface area contributed by atoms with E-state index < -0.39 is 0 Å². The predicted octanol–water partition coefficient (Wildman–Crippen LogP) is 2.67. The largest absolute Gasteiger partial charge is 0.459 e. The van der Waals surface area contributed by atoms with Crippen molar-refractivity contribution in [1.29, 1.82) is 0 Å². The molecule has 23 heavy (non-hydrogen) atoms. The quantitative estimate of drug-likeness (QED) is 0.807. The third-order valence-corrected chi connectivity index (χ3v) is 4.10. The summed E-state index contributed by atoms with van der Waals surface area (Å²) in [6.07, 6.45) is 7.90. The maximum atomic E-state index is 12.2. The normalized spacial score (nSPS) is 16.8. The highest BCUT2D eigenvalue weighted by Gasteiger charge is 2.27. The Hall–Kier alpha value is -2.89. The van der Waals surface area contributed by atoms with E-state index in [0.29, 0.717) is 5.76 Å². The van der Waals surface area contributed by atoms with Crippen LogP contribution in [0.5, 0.6) is 0 Å². The molecule has 6 nitrogen and oxygen atoms in total. The van der Waals surface area contributed by atoms with Gasteiger partial charge in [-0.1, -0.05) is 6.07 Å². The van der Waals surface area contributed by atoms with Gasteiger partial charge in [-0.2, -0.15) is 5.10 Å². The highest BCUT2D eigenvalue weighted by atomic mass is 16.3. The van der Waals surface area contributed by atoms with Crippen molar-refractivity contribution in [3.8, 4) is 5.82 Å². The van der Waals surface area contributed by atoms with Crippen LogP contribution in [-0.2, 0) is 6.42 Å². The summed E-state index contributed by atoms with van der Waals surface area (Å²) in [5.41, 5.74) is 2.17. The van der Waals surface area contributed by atoms with Gasteiger partial charge in [0.1, 0.15) is 0 Å². The molecule has 116 valence electrons. The number of furan rings is 1. The van der Waals surface area contributed by atoms with Crippen molar-refractivity contribution < 1.29 is 9.21 Å². The molecule has 0 fully saturated rings. The Kier molecular flexibility index (Phi) is 3.42. The van der Waals surface area contributed by atoms with Gasteiger partial charge in [0.15, 0.2) is 11.6 Å². The van der Waals surface area contributed by atoms with Crippen LogP contribution in [0.1, 0.15) is 40.7 Å². The smallest absolute Gasteiger partial charge is 0.287 e. The van der Waals surface area contributed by atoms with Crippen molar-refractivity contribution in [2.24, 2.45) is 0 Å². The Balaban J connectivity index is 1.62. The number of nitrogens with one attached hydrogen (secondary N) is 1. The fraction of sp³-hybridized carbons (Fsp3) is 0.235. The second-order valence-corrected chi connectivity index (χ2v) is 5.54. The number of carbonyl (C=O) groups is 1. The second kappa shape index (κ2) is 5.72. The van der Waals surface area contributed by atoms with Gasteiger partial charge < -0.3 is 9.73 Å². The molecule has 1 aliphatic carbocycles. The summed E-state index contributed by atoms with van der Waals surface area (Å²) in [6.45, 7) is 0. The highest BCUT2D eigenvalue weighted by molar-refractivity contribution is 5.91. The summed E-state index contributed by atoms with van der Waals surface area (Å²) in [6, 6.07) is 9.07. The van der Waals surface area contributed by atoms with Gasteiger partial charge in [-0.3, -0.25) is 4.79 Å². The zero-order valence-corrected chi connectivity index (χ0v) is 12.5. The lowest BCUT2D eigenvalue weighted by atomic mass is 9.93. The van der Waals surface area contributed by atoms with E-state index >= 15 is 0 Å². The van der Waals surface area contributed by atoms with Gasteiger partial charge in [-0.25, -0.2) is 9.67 Å². The van der Waals surface area contributed by atoms with E-state index in [-0.39, 0.29) is 11.9 Å². The topological polar surface area (TPSA) is 73.0 Å². The molecule has 4 rings (SSSR count). The Morgan fingerprint density at radius 3 is 3.04 bits per heavy atom. The lowest BCUT2D eigenvalue weighted by Crippen LogP contribution is -2.30. The molecule has 3 aromatic heterocycles. The fourth-order valence-electron chi connectivity index (χ4n) is 3.02. The van der Waals surface area contributed by atoms with Crippen molar-refractivity contribution in [3.63, 3.8) is 0 Å². The molecule has 3 aromatic rings. The summed E-state index contributed by atoms with van der Waals surface area (Å²) in [4.78, 5) is 16.6. The van der Waals surface area contributed by atoms with Crippen LogP contribution in [0.2, 0.25) is 0 Å². The van der Waals surface area contributed by atoms with Gasteiger partial charge in [0.25, 0.3) is 5.91 Å². The van der Waals surface area contributed by atoms with E-state index in [4.69, 9.17) is 4.42 Å². The lowest BCUT2D eigenvalue weighted by molar-refractivity contribution is 0.0904. The molecule has 0 saturated carbocycles. The number of fused-ring (bicyclic) bond motifs is 1. The van der Waals surface area contributed by atoms with E-state index in [0.717, 1.165) is 36.3 Å². The monoisotopic (exact) mass is 308 g/mol. The second-order valence-electron chi connectivity index (χ2n) is 5.54. The van der Waals surface area contributed by atoms with E-state index in [2.05, 4.69) is 15.4 Å². The first-order valence-corrected chi connectivity index (χ1v) is 7.65. The number of aromatic nitrogens is 3. The summed E-state index contributed by atoms with van der Waals surface area (Å²) in [5.74, 6) is 0.930. The number of amides is 1. The summed E-state index contributed by atoms with van der Waals surface area (Å²) in [7, 11) is 0. The lowest BCUT2D eigenvalue weighted by Gasteiger charge is -2.23. The van der Waals surface area contributed by atoms with Crippen molar-refractivity contribution in [3.05, 3.63) is 66.0 Å². The highest BCUT2D eigenvalue weighted by Crippen LogP contribution is 2.30. The van der Waals surface area contributed by atoms with E-state index in [1.54, 1.807) is 18.3 Å². The van der Waals surface area contributed by atoms with Crippen LogP contribution in [0.4, 0.5) is 0 Å². The molecule has 0 saturated heterocycles. The van der Waals surface area contributed by atoms with Gasteiger partial charge in [-0.05, 0) is 43.5 Å². The van der Waals surface area contributed by atoms with Crippen LogP contribution in [0, 0.1) is 0 Å². The van der Waals surface area contributed by atoms with Crippen LogP contribution in [0.15, 0.2) is 53.4 Å². The molecule has 0 spiro atoms. The first-order valence-electron chi connectivity index (χ1n) is 7.65. The van der Waals surface area contributed by atoms with Crippen LogP contribution < -0.4 is 5.32 Å². The molecule has 0 aromatic carbocycles. The Morgan fingerprint density at radius 1 is 1.30 bits per heavy atom. The zero-order valence-electron chi connectivity index (χ0n) is 12.5. The Bertz CT molecular complexity index is 809. The number of rotatable bonds is 3. The standard InChI is InChI=1S/C17H16N4O2/c22-17(15-7-4-10-23-15)20-13-5-3-6-14-12(13)11-19-21(14)16-8-1-2-9-18-16/h1-2,4,7-11,13H,3,5-6H2,(H,20,22). The average Bonchev–Trinajstić information content (AvgIpc) is 3.26. The van der Waals surface area contributed by atoms with Gasteiger partial charge >= 0.3 is 0 Å². The number of pyridine rings is 1. The third kappa shape index (κ3) is 2.52. The molecular weight excluding hydrogens is 292 g/mol. The first kappa shape index (κ1) is 13.8. The molecule has 1 unspecified atom stereocenters. The van der Waals surface area contributed by atoms with Crippen LogP contribution in [0.25, 0.3) is 5.82 Å². The van der Waals surface area contributed by atoms with E-state index in [1.807, 2.05) is 29.1 Å². The minimum absolute atomic E-state index is 0.0474. The van der Waals surface area contributed by atoms with Crippen LogP contribution in [0.3, 0.4) is 0 Å².